The molecule has 0 spiro atoms. The molecule has 0 radical (unpaired) electrons. The maximum atomic E-state index is 12.6. The Hall–Kier alpha value is -2.06. The Bertz CT molecular complexity index is 1050. The fraction of sp³-hybridized carbons (Fsp3) is 0.286. The van der Waals surface area contributed by atoms with Gasteiger partial charge in [-0.15, -0.1) is 10.2 Å². The van der Waals surface area contributed by atoms with Crippen LogP contribution in [0.15, 0.2) is 47.6 Å². The van der Waals surface area contributed by atoms with Gasteiger partial charge in [0.2, 0.25) is 5.91 Å². The van der Waals surface area contributed by atoms with Crippen molar-refractivity contribution in [1.29, 1.82) is 0 Å². The van der Waals surface area contributed by atoms with E-state index in [1.165, 1.54) is 11.8 Å². The quantitative estimate of drug-likeness (QED) is 0.522. The Kier molecular flexibility index (Phi) is 6.63. The van der Waals surface area contributed by atoms with Crippen molar-refractivity contribution in [2.45, 2.75) is 12.1 Å². The molecular weight excluding hydrogens is 443 g/mol. The molecule has 0 atom stereocenters. The number of carbonyl (C=O) groups excluding carboxylic acids is 1. The second-order valence-corrected chi connectivity index (χ2v) is 8.65. The topological polar surface area (TPSA) is 60.2 Å². The van der Waals surface area contributed by atoms with Crippen LogP contribution in [0.1, 0.15) is 5.56 Å². The Morgan fingerprint density at radius 3 is 2.53 bits per heavy atom. The molecule has 1 aromatic heterocycles. The number of nitrogens with zero attached hydrogens (tertiary/aromatic N) is 4. The van der Waals surface area contributed by atoms with Gasteiger partial charge in [0.05, 0.1) is 24.7 Å². The lowest BCUT2D eigenvalue weighted by Gasteiger charge is -2.26. The van der Waals surface area contributed by atoms with Crippen molar-refractivity contribution >= 4 is 40.9 Å². The molecule has 0 aliphatic carbocycles. The number of carbonyl (C=O) groups is 1. The van der Waals surface area contributed by atoms with Gasteiger partial charge < -0.3 is 9.64 Å². The second-order valence-electron chi connectivity index (χ2n) is 6.86. The van der Waals surface area contributed by atoms with Gasteiger partial charge in [-0.1, -0.05) is 41.0 Å². The number of morpholine rings is 1. The molecule has 1 saturated heterocycles. The molecule has 0 unspecified atom stereocenters. The van der Waals surface area contributed by atoms with Gasteiger partial charge in [-0.05, 0) is 48.9 Å². The van der Waals surface area contributed by atoms with Crippen molar-refractivity contribution in [1.82, 2.24) is 19.7 Å². The first-order valence-corrected chi connectivity index (χ1v) is 11.2. The van der Waals surface area contributed by atoms with Crippen molar-refractivity contribution in [3.8, 4) is 17.1 Å². The van der Waals surface area contributed by atoms with Crippen LogP contribution in [0.2, 0.25) is 10.0 Å². The summed E-state index contributed by atoms with van der Waals surface area (Å²) in [7, 11) is 0. The predicted molar refractivity (Wildman–Crippen MR) is 120 cm³/mol. The first kappa shape index (κ1) is 21.2. The predicted octanol–water partition coefficient (Wildman–Crippen LogP) is 4.50. The summed E-state index contributed by atoms with van der Waals surface area (Å²) in [5.74, 6) is 0.999. The SMILES string of the molecule is Cc1ccc(-n2c(SCC(=O)N3CCOCC3)nnc2-c2ccc(Cl)cc2)cc1Cl. The summed E-state index contributed by atoms with van der Waals surface area (Å²) in [5, 5.41) is 10.7. The zero-order chi connectivity index (χ0) is 21.1. The highest BCUT2D eigenvalue weighted by Crippen LogP contribution is 2.30. The van der Waals surface area contributed by atoms with Crippen LogP contribution in [0.25, 0.3) is 17.1 Å². The summed E-state index contributed by atoms with van der Waals surface area (Å²) in [6.07, 6.45) is 0. The molecule has 0 bridgehead atoms. The molecule has 156 valence electrons. The van der Waals surface area contributed by atoms with Gasteiger partial charge in [-0.3, -0.25) is 9.36 Å². The minimum Gasteiger partial charge on any atom is -0.378 e. The van der Waals surface area contributed by atoms with Crippen molar-refractivity contribution in [3.63, 3.8) is 0 Å². The molecule has 30 heavy (non-hydrogen) atoms. The second kappa shape index (κ2) is 9.39. The van der Waals surface area contributed by atoms with Gasteiger partial charge in [0.15, 0.2) is 11.0 Å². The van der Waals surface area contributed by atoms with E-state index >= 15 is 0 Å². The van der Waals surface area contributed by atoms with E-state index in [1.54, 1.807) is 0 Å². The van der Waals surface area contributed by atoms with Crippen LogP contribution in [0.5, 0.6) is 0 Å². The van der Waals surface area contributed by atoms with E-state index < -0.39 is 0 Å². The summed E-state index contributed by atoms with van der Waals surface area (Å²) < 4.78 is 7.24. The number of rotatable bonds is 5. The molecule has 1 fully saturated rings. The molecule has 4 rings (SSSR count). The fourth-order valence-corrected chi connectivity index (χ4v) is 4.29. The van der Waals surface area contributed by atoms with E-state index in [2.05, 4.69) is 10.2 Å². The Balaban J connectivity index is 1.66. The summed E-state index contributed by atoms with van der Waals surface area (Å²) in [6.45, 7) is 4.35. The monoisotopic (exact) mass is 462 g/mol. The molecule has 1 amide bonds. The molecule has 1 aliphatic rings. The number of hydrogen-bond acceptors (Lipinski definition) is 5. The summed E-state index contributed by atoms with van der Waals surface area (Å²) in [4.78, 5) is 14.4. The van der Waals surface area contributed by atoms with Gasteiger partial charge in [0.1, 0.15) is 0 Å². The molecule has 1 aliphatic heterocycles. The Labute approximate surface area is 189 Å². The first-order valence-electron chi connectivity index (χ1n) is 9.49. The van der Waals surface area contributed by atoms with Crippen molar-refractivity contribution in [2.75, 3.05) is 32.1 Å². The van der Waals surface area contributed by atoms with E-state index in [-0.39, 0.29) is 11.7 Å². The van der Waals surface area contributed by atoms with Crippen LogP contribution >= 0.6 is 35.0 Å². The summed E-state index contributed by atoms with van der Waals surface area (Å²) >= 11 is 13.8. The zero-order valence-electron chi connectivity index (χ0n) is 16.3. The fourth-order valence-electron chi connectivity index (χ4n) is 3.13. The van der Waals surface area contributed by atoms with Crippen molar-refractivity contribution in [3.05, 3.63) is 58.1 Å². The van der Waals surface area contributed by atoms with Gasteiger partial charge in [0.25, 0.3) is 0 Å². The molecule has 2 heterocycles. The molecule has 3 aromatic rings. The molecule has 2 aromatic carbocycles. The third-order valence-electron chi connectivity index (χ3n) is 4.84. The lowest BCUT2D eigenvalue weighted by molar-refractivity contribution is -0.132. The van der Waals surface area contributed by atoms with Crippen LogP contribution in [0.4, 0.5) is 0 Å². The van der Waals surface area contributed by atoms with E-state index in [0.717, 1.165) is 16.8 Å². The minimum absolute atomic E-state index is 0.0628. The average molecular weight is 463 g/mol. The summed E-state index contributed by atoms with van der Waals surface area (Å²) in [6, 6.07) is 13.2. The van der Waals surface area contributed by atoms with E-state index in [1.807, 2.05) is 58.9 Å². The lowest BCUT2D eigenvalue weighted by Crippen LogP contribution is -2.41. The minimum atomic E-state index is 0.0628. The van der Waals surface area contributed by atoms with Crippen LogP contribution < -0.4 is 0 Å². The standard InChI is InChI=1S/C21H20Cl2N4O2S/c1-14-2-7-17(12-18(14)23)27-20(15-3-5-16(22)6-4-15)24-25-21(27)30-13-19(28)26-8-10-29-11-9-26/h2-7,12H,8-11,13H2,1H3. The van der Waals surface area contributed by atoms with Gasteiger partial charge in [-0.2, -0.15) is 0 Å². The number of amides is 1. The van der Waals surface area contributed by atoms with Crippen LogP contribution in [0, 0.1) is 6.92 Å². The van der Waals surface area contributed by atoms with E-state index in [9.17, 15) is 4.79 Å². The molecule has 9 heteroatoms. The number of thioether (sulfide) groups is 1. The molecule has 0 N–H and O–H groups in total. The van der Waals surface area contributed by atoms with Crippen LogP contribution in [0.3, 0.4) is 0 Å². The average Bonchev–Trinajstić information content (AvgIpc) is 3.19. The number of aromatic nitrogens is 3. The highest BCUT2D eigenvalue weighted by molar-refractivity contribution is 7.99. The van der Waals surface area contributed by atoms with Crippen LogP contribution in [-0.4, -0.2) is 57.6 Å². The lowest BCUT2D eigenvalue weighted by atomic mass is 10.2. The van der Waals surface area contributed by atoms with Gasteiger partial charge in [-0.25, -0.2) is 0 Å². The van der Waals surface area contributed by atoms with Gasteiger partial charge in [0, 0.05) is 28.7 Å². The largest absolute Gasteiger partial charge is 0.378 e. The smallest absolute Gasteiger partial charge is 0.233 e. The number of hydrogen-bond donors (Lipinski definition) is 0. The third-order valence-corrected chi connectivity index (χ3v) is 6.41. The van der Waals surface area contributed by atoms with Crippen molar-refractivity contribution in [2.24, 2.45) is 0 Å². The maximum Gasteiger partial charge on any atom is 0.233 e. The molecular formula is C21H20Cl2N4O2S. The van der Waals surface area contributed by atoms with E-state index in [0.29, 0.717) is 47.3 Å². The normalized spacial score (nSPS) is 14.2. The number of aryl methyl sites for hydroxylation is 1. The summed E-state index contributed by atoms with van der Waals surface area (Å²) in [5.41, 5.74) is 2.69. The van der Waals surface area contributed by atoms with Crippen molar-refractivity contribution < 1.29 is 9.53 Å². The molecule has 6 nitrogen and oxygen atoms in total. The first-order chi connectivity index (χ1) is 14.5. The Morgan fingerprint density at radius 2 is 1.83 bits per heavy atom. The van der Waals surface area contributed by atoms with E-state index in [4.69, 9.17) is 27.9 Å². The highest BCUT2D eigenvalue weighted by Gasteiger charge is 2.21. The number of benzene rings is 2. The van der Waals surface area contributed by atoms with Gasteiger partial charge >= 0.3 is 0 Å². The number of ether oxygens (including phenoxy) is 1. The molecule has 0 saturated carbocycles. The Morgan fingerprint density at radius 1 is 1.10 bits per heavy atom. The highest BCUT2D eigenvalue weighted by atomic mass is 35.5. The van der Waals surface area contributed by atoms with Crippen LogP contribution in [-0.2, 0) is 9.53 Å². The number of halogens is 2. The zero-order valence-corrected chi connectivity index (χ0v) is 18.7. The maximum absolute atomic E-state index is 12.6. The third kappa shape index (κ3) is 4.64.